The minimum absolute atomic E-state index is 0.0664. The van der Waals surface area contributed by atoms with Gasteiger partial charge >= 0.3 is 0 Å². The fraction of sp³-hybridized carbons (Fsp3) is 0.652. The molecule has 29 heavy (non-hydrogen) atoms. The first-order chi connectivity index (χ1) is 14.0. The van der Waals surface area contributed by atoms with Crippen molar-refractivity contribution in [3.8, 4) is 0 Å². The summed E-state index contributed by atoms with van der Waals surface area (Å²) in [7, 11) is 1.64. The second-order valence-corrected chi connectivity index (χ2v) is 8.11. The highest BCUT2D eigenvalue weighted by Gasteiger charge is 2.22. The lowest BCUT2D eigenvalue weighted by Gasteiger charge is -2.34. The van der Waals surface area contributed by atoms with Crippen molar-refractivity contribution < 1.29 is 4.79 Å². The van der Waals surface area contributed by atoms with Gasteiger partial charge in [-0.2, -0.15) is 0 Å². The Hall–Kier alpha value is -2.08. The van der Waals surface area contributed by atoms with E-state index < -0.39 is 0 Å². The van der Waals surface area contributed by atoms with Gasteiger partial charge in [0.15, 0.2) is 5.96 Å². The zero-order chi connectivity index (χ0) is 21.1. The van der Waals surface area contributed by atoms with E-state index >= 15 is 0 Å². The molecule has 6 heteroatoms. The number of likely N-dealkylation sites (tertiary alicyclic amines) is 1. The smallest absolute Gasteiger partial charge is 0.251 e. The SMILES string of the molecule is CCNC(=NCc1ccc(C(=O)NC)cc1)NCC(C(C)C)N1CCCCCC1. The molecule has 0 spiro atoms. The first-order valence-electron chi connectivity index (χ1n) is 11.1. The number of hydrogen-bond donors (Lipinski definition) is 3. The largest absolute Gasteiger partial charge is 0.357 e. The monoisotopic (exact) mass is 401 g/mol. The molecule has 0 aliphatic carbocycles. The average molecular weight is 402 g/mol. The number of nitrogens with zero attached hydrogens (tertiary/aromatic N) is 2. The Kier molecular flexibility index (Phi) is 9.98. The van der Waals surface area contributed by atoms with Crippen LogP contribution >= 0.6 is 0 Å². The quantitative estimate of drug-likeness (QED) is 0.463. The van der Waals surface area contributed by atoms with Crippen LogP contribution in [0.3, 0.4) is 0 Å². The van der Waals surface area contributed by atoms with Gasteiger partial charge in [0.05, 0.1) is 6.54 Å². The van der Waals surface area contributed by atoms with Crippen molar-refractivity contribution in [2.75, 3.05) is 33.2 Å². The van der Waals surface area contributed by atoms with E-state index in [1.54, 1.807) is 7.05 Å². The number of carbonyl (C=O) groups excluding carboxylic acids is 1. The maximum atomic E-state index is 11.7. The number of guanidine groups is 1. The molecule has 6 nitrogen and oxygen atoms in total. The van der Waals surface area contributed by atoms with Gasteiger partial charge in [-0.1, -0.05) is 38.8 Å². The van der Waals surface area contributed by atoms with Crippen LogP contribution in [-0.2, 0) is 6.54 Å². The molecule has 1 aliphatic heterocycles. The van der Waals surface area contributed by atoms with E-state index in [9.17, 15) is 4.79 Å². The number of hydrogen-bond acceptors (Lipinski definition) is 3. The molecule has 0 aromatic heterocycles. The van der Waals surface area contributed by atoms with Crippen molar-refractivity contribution in [2.45, 2.75) is 59.0 Å². The van der Waals surface area contributed by atoms with Gasteiger partial charge in [-0.15, -0.1) is 0 Å². The van der Waals surface area contributed by atoms with Crippen LogP contribution in [0.15, 0.2) is 29.3 Å². The van der Waals surface area contributed by atoms with Crippen LogP contribution in [0, 0.1) is 5.92 Å². The van der Waals surface area contributed by atoms with E-state index in [0.29, 0.717) is 24.1 Å². The summed E-state index contributed by atoms with van der Waals surface area (Å²) in [5, 5.41) is 9.56. The summed E-state index contributed by atoms with van der Waals surface area (Å²) in [4.78, 5) is 19.1. The van der Waals surface area contributed by atoms with Crippen LogP contribution in [0.4, 0.5) is 0 Å². The molecule has 1 atom stereocenters. The Morgan fingerprint density at radius 1 is 1.07 bits per heavy atom. The van der Waals surface area contributed by atoms with E-state index in [1.165, 1.54) is 38.8 Å². The first-order valence-corrected chi connectivity index (χ1v) is 11.1. The molecule has 1 heterocycles. The van der Waals surface area contributed by atoms with Crippen LogP contribution in [0.25, 0.3) is 0 Å². The maximum Gasteiger partial charge on any atom is 0.251 e. The summed E-state index contributed by atoms with van der Waals surface area (Å²) in [5.74, 6) is 1.38. The van der Waals surface area contributed by atoms with Crippen molar-refractivity contribution in [3.63, 3.8) is 0 Å². The van der Waals surface area contributed by atoms with Crippen molar-refractivity contribution in [1.29, 1.82) is 0 Å². The zero-order valence-electron chi connectivity index (χ0n) is 18.6. The normalized spacial score (nSPS) is 16.9. The molecule has 0 radical (unpaired) electrons. The van der Waals surface area contributed by atoms with Crippen molar-refractivity contribution >= 4 is 11.9 Å². The third-order valence-electron chi connectivity index (χ3n) is 5.57. The third-order valence-corrected chi connectivity index (χ3v) is 5.57. The fourth-order valence-electron chi connectivity index (χ4n) is 3.83. The van der Waals surface area contributed by atoms with Crippen molar-refractivity contribution in [1.82, 2.24) is 20.9 Å². The Labute approximate surface area is 176 Å². The summed E-state index contributed by atoms with van der Waals surface area (Å²) in [6.07, 6.45) is 5.34. The lowest BCUT2D eigenvalue weighted by molar-refractivity contribution is 0.0963. The Morgan fingerprint density at radius 3 is 2.28 bits per heavy atom. The lowest BCUT2D eigenvalue weighted by Crippen LogP contribution is -2.49. The number of rotatable bonds is 8. The summed E-state index contributed by atoms with van der Waals surface area (Å²) < 4.78 is 0. The second kappa shape index (κ2) is 12.5. The highest BCUT2D eigenvalue weighted by molar-refractivity contribution is 5.93. The standard InChI is InChI=1S/C23H39N5O/c1-5-25-23(26-16-19-10-12-20(13-11-19)22(29)24-4)27-17-21(18(2)3)28-14-8-6-7-9-15-28/h10-13,18,21H,5-9,14-17H2,1-4H3,(H,24,29)(H2,25,26,27). The molecule has 1 fully saturated rings. The number of carbonyl (C=O) groups is 1. The average Bonchev–Trinajstić information content (AvgIpc) is 3.01. The molecule has 2 rings (SSSR count). The van der Waals surface area contributed by atoms with Gasteiger partial charge in [0.2, 0.25) is 0 Å². The fourth-order valence-corrected chi connectivity index (χ4v) is 3.83. The number of aliphatic imine (C=N–C) groups is 1. The minimum atomic E-state index is -0.0664. The molecular formula is C23H39N5O. The van der Waals surface area contributed by atoms with E-state index in [-0.39, 0.29) is 5.91 Å². The van der Waals surface area contributed by atoms with Crippen LogP contribution in [-0.4, -0.2) is 56.0 Å². The molecular weight excluding hydrogens is 362 g/mol. The first kappa shape index (κ1) is 23.2. The van der Waals surface area contributed by atoms with Crippen LogP contribution in [0.2, 0.25) is 0 Å². The molecule has 1 unspecified atom stereocenters. The maximum absolute atomic E-state index is 11.7. The second-order valence-electron chi connectivity index (χ2n) is 8.11. The molecule has 1 aromatic carbocycles. The van der Waals surface area contributed by atoms with Gasteiger partial charge in [0.25, 0.3) is 5.91 Å². The van der Waals surface area contributed by atoms with Gasteiger partial charge in [-0.25, -0.2) is 4.99 Å². The van der Waals surface area contributed by atoms with Crippen molar-refractivity contribution in [3.05, 3.63) is 35.4 Å². The van der Waals surface area contributed by atoms with E-state index in [2.05, 4.69) is 41.6 Å². The highest BCUT2D eigenvalue weighted by atomic mass is 16.1. The Bertz CT molecular complexity index is 633. The Balaban J connectivity index is 1.97. The highest BCUT2D eigenvalue weighted by Crippen LogP contribution is 2.17. The van der Waals surface area contributed by atoms with Gasteiger partial charge in [-0.05, 0) is 56.5 Å². The summed E-state index contributed by atoms with van der Waals surface area (Å²) in [6, 6.07) is 8.14. The molecule has 3 N–H and O–H groups in total. The van der Waals surface area contributed by atoms with Crippen LogP contribution in [0.5, 0.6) is 0 Å². The summed E-state index contributed by atoms with van der Waals surface area (Å²) in [6.45, 7) is 11.4. The summed E-state index contributed by atoms with van der Waals surface area (Å²) >= 11 is 0. The lowest BCUT2D eigenvalue weighted by atomic mass is 10.0. The van der Waals surface area contributed by atoms with E-state index in [1.807, 2.05) is 24.3 Å². The minimum Gasteiger partial charge on any atom is -0.357 e. The molecule has 1 saturated heterocycles. The third kappa shape index (κ3) is 7.69. The number of benzene rings is 1. The van der Waals surface area contributed by atoms with E-state index in [0.717, 1.165) is 24.6 Å². The van der Waals surface area contributed by atoms with Crippen LogP contribution < -0.4 is 16.0 Å². The summed E-state index contributed by atoms with van der Waals surface area (Å²) in [5.41, 5.74) is 1.75. The number of amides is 1. The molecule has 1 aliphatic rings. The zero-order valence-corrected chi connectivity index (χ0v) is 18.6. The topological polar surface area (TPSA) is 68.8 Å². The molecule has 0 saturated carbocycles. The van der Waals surface area contributed by atoms with Gasteiger partial charge < -0.3 is 16.0 Å². The van der Waals surface area contributed by atoms with Crippen molar-refractivity contribution in [2.24, 2.45) is 10.9 Å². The Morgan fingerprint density at radius 2 is 1.72 bits per heavy atom. The predicted molar refractivity (Wildman–Crippen MR) is 121 cm³/mol. The number of nitrogens with one attached hydrogen (secondary N) is 3. The predicted octanol–water partition coefficient (Wildman–Crippen LogP) is 3.00. The van der Waals surface area contributed by atoms with E-state index in [4.69, 9.17) is 4.99 Å². The molecule has 1 aromatic rings. The van der Waals surface area contributed by atoms with Gasteiger partial charge in [0.1, 0.15) is 0 Å². The van der Waals surface area contributed by atoms with Crippen LogP contribution in [0.1, 0.15) is 62.4 Å². The molecule has 0 bridgehead atoms. The molecule has 162 valence electrons. The van der Waals surface area contributed by atoms with Gasteiger partial charge in [-0.3, -0.25) is 9.69 Å². The van der Waals surface area contributed by atoms with Gasteiger partial charge in [0, 0.05) is 31.7 Å². The molecule has 1 amide bonds.